The second kappa shape index (κ2) is 9.12. The van der Waals surface area contributed by atoms with Crippen molar-refractivity contribution in [2.75, 3.05) is 44.7 Å². The molecule has 1 aliphatic heterocycles. The fourth-order valence-corrected chi connectivity index (χ4v) is 3.97. The number of morpholine rings is 1. The molecule has 0 aliphatic carbocycles. The standard InChI is InChI=1S/C20H24N4O2S/c1-2-7-17(16(6-1)18-8-5-15-27-18)19-22-23-20(26-19)21-9-3-4-10-24-11-13-25-14-12-24/h1-2,5-8,15H,3-4,9-14H2,(H,21,23). The molecule has 142 valence electrons. The molecule has 1 aromatic carbocycles. The lowest BCUT2D eigenvalue weighted by molar-refractivity contribution is 0.0373. The molecule has 0 radical (unpaired) electrons. The quantitative estimate of drug-likeness (QED) is 0.593. The minimum atomic E-state index is 0.484. The van der Waals surface area contributed by atoms with Crippen LogP contribution in [0.3, 0.4) is 0 Å². The van der Waals surface area contributed by atoms with Crippen LogP contribution in [0.2, 0.25) is 0 Å². The minimum Gasteiger partial charge on any atom is -0.403 e. The first-order valence-corrected chi connectivity index (χ1v) is 10.3. The van der Waals surface area contributed by atoms with Gasteiger partial charge in [0.15, 0.2) is 0 Å². The molecule has 1 fully saturated rings. The number of anilines is 1. The van der Waals surface area contributed by atoms with Crippen LogP contribution in [0.1, 0.15) is 12.8 Å². The lowest BCUT2D eigenvalue weighted by Crippen LogP contribution is -2.36. The molecule has 27 heavy (non-hydrogen) atoms. The van der Waals surface area contributed by atoms with Gasteiger partial charge in [0.05, 0.1) is 13.2 Å². The SMILES string of the molecule is c1csc(-c2ccccc2-c2nnc(NCCCCN3CCOCC3)o2)c1. The Morgan fingerprint density at radius 1 is 1.00 bits per heavy atom. The number of rotatable bonds is 8. The van der Waals surface area contributed by atoms with Gasteiger partial charge in [0.1, 0.15) is 0 Å². The molecule has 3 heterocycles. The van der Waals surface area contributed by atoms with E-state index in [1.54, 1.807) is 11.3 Å². The summed E-state index contributed by atoms with van der Waals surface area (Å²) in [6.45, 7) is 5.76. The van der Waals surface area contributed by atoms with Crippen LogP contribution in [0.5, 0.6) is 0 Å². The smallest absolute Gasteiger partial charge is 0.315 e. The van der Waals surface area contributed by atoms with Gasteiger partial charge in [0, 0.05) is 35.6 Å². The third kappa shape index (κ3) is 4.74. The lowest BCUT2D eigenvalue weighted by Gasteiger charge is -2.26. The topological polar surface area (TPSA) is 63.4 Å². The second-order valence-electron chi connectivity index (χ2n) is 6.52. The molecule has 0 amide bonds. The normalized spacial score (nSPS) is 15.1. The molecule has 3 aromatic rings. The van der Waals surface area contributed by atoms with Gasteiger partial charge in [-0.1, -0.05) is 29.4 Å². The van der Waals surface area contributed by atoms with E-state index in [9.17, 15) is 0 Å². The van der Waals surface area contributed by atoms with Crippen LogP contribution in [-0.2, 0) is 4.74 Å². The highest BCUT2D eigenvalue weighted by molar-refractivity contribution is 7.13. The molecule has 6 nitrogen and oxygen atoms in total. The minimum absolute atomic E-state index is 0.484. The molecule has 2 aromatic heterocycles. The zero-order valence-corrected chi connectivity index (χ0v) is 16.1. The largest absolute Gasteiger partial charge is 0.403 e. The van der Waals surface area contributed by atoms with E-state index >= 15 is 0 Å². The number of benzene rings is 1. The Bertz CT molecular complexity index is 828. The van der Waals surface area contributed by atoms with Gasteiger partial charge in [-0.15, -0.1) is 16.4 Å². The van der Waals surface area contributed by atoms with Crippen molar-refractivity contribution in [1.82, 2.24) is 15.1 Å². The molecular formula is C20H24N4O2S. The van der Waals surface area contributed by atoms with Gasteiger partial charge < -0.3 is 14.5 Å². The molecule has 0 saturated carbocycles. The van der Waals surface area contributed by atoms with Gasteiger partial charge in [0.25, 0.3) is 0 Å². The van der Waals surface area contributed by atoms with Gasteiger partial charge in [0.2, 0.25) is 5.89 Å². The van der Waals surface area contributed by atoms with Crippen LogP contribution in [0.25, 0.3) is 21.9 Å². The van der Waals surface area contributed by atoms with E-state index in [4.69, 9.17) is 9.15 Å². The highest BCUT2D eigenvalue weighted by Gasteiger charge is 2.14. The van der Waals surface area contributed by atoms with Gasteiger partial charge >= 0.3 is 6.01 Å². The molecule has 0 bridgehead atoms. The van der Waals surface area contributed by atoms with Crippen LogP contribution < -0.4 is 5.32 Å². The highest BCUT2D eigenvalue weighted by atomic mass is 32.1. The molecule has 4 rings (SSSR count). The van der Waals surface area contributed by atoms with Gasteiger partial charge in [-0.05, 0) is 36.9 Å². The Hall–Kier alpha value is -2.22. The van der Waals surface area contributed by atoms with Crippen molar-refractivity contribution in [1.29, 1.82) is 0 Å². The number of hydrogen-bond donors (Lipinski definition) is 1. The molecule has 7 heteroatoms. The van der Waals surface area contributed by atoms with Crippen LogP contribution in [0, 0.1) is 0 Å². The number of ether oxygens (including phenoxy) is 1. The van der Waals surface area contributed by atoms with Crippen LogP contribution >= 0.6 is 11.3 Å². The summed E-state index contributed by atoms with van der Waals surface area (Å²) in [4.78, 5) is 3.65. The second-order valence-corrected chi connectivity index (χ2v) is 7.47. The first-order valence-electron chi connectivity index (χ1n) is 9.41. The van der Waals surface area contributed by atoms with Gasteiger partial charge in [-0.2, -0.15) is 0 Å². The Labute approximate surface area is 163 Å². The Morgan fingerprint density at radius 3 is 2.67 bits per heavy atom. The van der Waals surface area contributed by atoms with Crippen LogP contribution in [0.15, 0.2) is 46.2 Å². The molecule has 1 N–H and O–H groups in total. The third-order valence-corrected chi connectivity index (χ3v) is 5.55. The van der Waals surface area contributed by atoms with Crippen molar-refractivity contribution in [3.05, 3.63) is 41.8 Å². The summed E-state index contributed by atoms with van der Waals surface area (Å²) in [6, 6.07) is 12.8. The summed E-state index contributed by atoms with van der Waals surface area (Å²) < 4.78 is 11.2. The van der Waals surface area contributed by atoms with E-state index in [1.807, 2.05) is 18.2 Å². The average Bonchev–Trinajstić information content (AvgIpc) is 3.41. The number of hydrogen-bond acceptors (Lipinski definition) is 7. The first kappa shape index (κ1) is 18.2. The first-order chi connectivity index (χ1) is 13.4. The lowest BCUT2D eigenvalue weighted by atomic mass is 10.1. The predicted molar refractivity (Wildman–Crippen MR) is 108 cm³/mol. The summed E-state index contributed by atoms with van der Waals surface area (Å²) in [7, 11) is 0. The number of aromatic nitrogens is 2. The maximum absolute atomic E-state index is 5.85. The Balaban J connectivity index is 1.30. The van der Waals surface area contributed by atoms with Crippen molar-refractivity contribution in [3.63, 3.8) is 0 Å². The van der Waals surface area contributed by atoms with Crippen molar-refractivity contribution < 1.29 is 9.15 Å². The summed E-state index contributed by atoms with van der Waals surface area (Å²) in [6.07, 6.45) is 2.22. The van der Waals surface area contributed by atoms with Crippen LogP contribution in [0.4, 0.5) is 6.01 Å². The number of thiophene rings is 1. The monoisotopic (exact) mass is 384 g/mol. The predicted octanol–water partition coefficient (Wildman–Crippen LogP) is 3.99. The fraction of sp³-hybridized carbons (Fsp3) is 0.400. The maximum Gasteiger partial charge on any atom is 0.315 e. The third-order valence-electron chi connectivity index (χ3n) is 4.65. The molecular weight excluding hydrogens is 360 g/mol. The number of nitrogens with zero attached hydrogens (tertiary/aromatic N) is 3. The summed E-state index contributed by atoms with van der Waals surface area (Å²) >= 11 is 1.71. The van der Waals surface area contributed by atoms with Crippen molar-refractivity contribution in [2.45, 2.75) is 12.8 Å². The summed E-state index contributed by atoms with van der Waals surface area (Å²) in [5.74, 6) is 0.551. The van der Waals surface area contributed by atoms with Gasteiger partial charge in [-0.3, -0.25) is 4.90 Å². The molecule has 0 atom stereocenters. The zero-order chi connectivity index (χ0) is 18.3. The van der Waals surface area contributed by atoms with Crippen molar-refractivity contribution in [2.24, 2.45) is 0 Å². The van der Waals surface area contributed by atoms with Crippen molar-refractivity contribution in [3.8, 4) is 21.9 Å². The number of unbranched alkanes of at least 4 members (excludes halogenated alkanes) is 1. The van der Waals surface area contributed by atoms with E-state index < -0.39 is 0 Å². The molecule has 1 saturated heterocycles. The van der Waals surface area contributed by atoms with Crippen LogP contribution in [-0.4, -0.2) is 54.5 Å². The van der Waals surface area contributed by atoms with E-state index in [1.165, 1.54) is 4.88 Å². The molecule has 1 aliphatic rings. The molecule has 0 spiro atoms. The Kier molecular flexibility index (Phi) is 6.13. The maximum atomic E-state index is 5.85. The highest BCUT2D eigenvalue weighted by Crippen LogP contribution is 2.34. The van der Waals surface area contributed by atoms with E-state index in [2.05, 4.69) is 44.0 Å². The average molecular weight is 385 g/mol. The van der Waals surface area contributed by atoms with E-state index in [0.29, 0.717) is 11.9 Å². The summed E-state index contributed by atoms with van der Waals surface area (Å²) in [5.41, 5.74) is 2.08. The zero-order valence-electron chi connectivity index (χ0n) is 15.3. The Morgan fingerprint density at radius 2 is 1.85 bits per heavy atom. The van der Waals surface area contributed by atoms with Gasteiger partial charge in [-0.25, -0.2) is 0 Å². The van der Waals surface area contributed by atoms with E-state index in [-0.39, 0.29) is 0 Å². The number of nitrogens with one attached hydrogen (secondary N) is 1. The van der Waals surface area contributed by atoms with E-state index in [0.717, 1.165) is 63.4 Å². The summed E-state index contributed by atoms with van der Waals surface area (Å²) in [5, 5.41) is 13.7. The van der Waals surface area contributed by atoms with Crippen molar-refractivity contribution >= 4 is 17.4 Å². The fourth-order valence-electron chi connectivity index (χ4n) is 3.20. The molecule has 0 unspecified atom stereocenters.